The second-order valence-corrected chi connectivity index (χ2v) is 8.33. The van der Waals surface area contributed by atoms with Gasteiger partial charge in [0.25, 0.3) is 0 Å². The van der Waals surface area contributed by atoms with Crippen LogP contribution in [0, 0.1) is 18.3 Å². The van der Waals surface area contributed by atoms with Crippen LogP contribution in [-0.4, -0.2) is 58.3 Å². The highest BCUT2D eigenvalue weighted by atomic mass is 16.7. The highest BCUT2D eigenvalue weighted by Gasteiger charge is 2.21. The maximum atomic E-state index is 9.42. The first-order valence-electron chi connectivity index (χ1n) is 11.4. The number of benzene rings is 2. The van der Waals surface area contributed by atoms with Crippen molar-refractivity contribution in [2.24, 2.45) is 0 Å². The number of hydrogen-bond acceptors (Lipinski definition) is 6. The third kappa shape index (κ3) is 5.08. The summed E-state index contributed by atoms with van der Waals surface area (Å²) in [5.41, 5.74) is 5.28. The van der Waals surface area contributed by atoms with E-state index in [2.05, 4.69) is 52.0 Å². The predicted octanol–water partition coefficient (Wildman–Crippen LogP) is 4.45. The number of nitrogens with zero attached hydrogens (tertiary/aromatic N) is 3. The first kappa shape index (κ1) is 23.0. The van der Waals surface area contributed by atoms with Gasteiger partial charge >= 0.3 is 0 Å². The number of fused-ring (bicyclic) bond motifs is 1. The Labute approximate surface area is 195 Å². The van der Waals surface area contributed by atoms with E-state index in [0.717, 1.165) is 61.2 Å². The van der Waals surface area contributed by atoms with Crippen molar-refractivity contribution in [1.29, 1.82) is 5.26 Å². The van der Waals surface area contributed by atoms with Crippen LogP contribution in [-0.2, 0) is 9.47 Å². The molecule has 7 heteroatoms. The van der Waals surface area contributed by atoms with Gasteiger partial charge in [0, 0.05) is 64.1 Å². The topological polar surface area (TPSA) is 73.8 Å². The van der Waals surface area contributed by atoms with E-state index in [9.17, 15) is 5.26 Å². The van der Waals surface area contributed by atoms with E-state index < -0.39 is 0 Å². The summed E-state index contributed by atoms with van der Waals surface area (Å²) in [5.74, 6) is 0.880. The van der Waals surface area contributed by atoms with Crippen molar-refractivity contribution in [1.82, 2.24) is 4.98 Å². The van der Waals surface area contributed by atoms with E-state index in [1.54, 1.807) is 14.2 Å². The number of H-pyrrole nitrogens is 1. The first-order valence-corrected chi connectivity index (χ1v) is 11.4. The molecule has 1 saturated heterocycles. The largest absolute Gasteiger partial charge is 0.494 e. The molecule has 1 N–H and O–H groups in total. The number of methoxy groups -OCH3 is 2. The van der Waals surface area contributed by atoms with E-state index >= 15 is 0 Å². The van der Waals surface area contributed by atoms with Crippen molar-refractivity contribution < 1.29 is 14.2 Å². The monoisotopic (exact) mass is 448 g/mol. The standard InChI is InChI=1S/C26H32N4O3/c1-19-6-11-23(26-25(19)20(17-27)18-28-26)30-14-12-29(13-15-30)21-7-9-22(10-8-21)33-16-4-5-24(31-2)32-3/h6-11,18,24,28H,4-5,12-16H2,1-3H3. The lowest BCUT2D eigenvalue weighted by Crippen LogP contribution is -2.46. The molecule has 1 fully saturated rings. The Kier molecular flexibility index (Phi) is 7.38. The van der Waals surface area contributed by atoms with Crippen LogP contribution in [0.25, 0.3) is 10.9 Å². The normalized spacial score (nSPS) is 14.2. The summed E-state index contributed by atoms with van der Waals surface area (Å²) < 4.78 is 16.3. The minimum absolute atomic E-state index is 0.170. The molecule has 174 valence electrons. The number of ether oxygens (including phenoxy) is 3. The summed E-state index contributed by atoms with van der Waals surface area (Å²) in [6.07, 6.45) is 3.33. The van der Waals surface area contributed by atoms with Crippen molar-refractivity contribution in [2.45, 2.75) is 26.1 Å². The van der Waals surface area contributed by atoms with Gasteiger partial charge in [-0.2, -0.15) is 5.26 Å². The van der Waals surface area contributed by atoms with Crippen molar-refractivity contribution in [2.75, 3.05) is 56.8 Å². The zero-order chi connectivity index (χ0) is 23.2. The summed E-state index contributed by atoms with van der Waals surface area (Å²) in [6, 6.07) is 14.9. The van der Waals surface area contributed by atoms with Crippen molar-refractivity contribution in [3.63, 3.8) is 0 Å². The van der Waals surface area contributed by atoms with E-state index in [1.807, 2.05) is 18.3 Å². The summed E-state index contributed by atoms with van der Waals surface area (Å²) >= 11 is 0. The summed E-state index contributed by atoms with van der Waals surface area (Å²) in [7, 11) is 3.30. The maximum absolute atomic E-state index is 9.42. The third-order valence-electron chi connectivity index (χ3n) is 6.34. The molecule has 2 aromatic carbocycles. The average molecular weight is 449 g/mol. The van der Waals surface area contributed by atoms with Gasteiger partial charge in [0.1, 0.15) is 11.8 Å². The molecular formula is C26H32N4O3. The predicted molar refractivity (Wildman–Crippen MR) is 131 cm³/mol. The Balaban J connectivity index is 1.32. The quantitative estimate of drug-likeness (QED) is 0.385. The molecule has 1 aliphatic heterocycles. The van der Waals surface area contributed by atoms with Gasteiger partial charge in [-0.05, 0) is 49.2 Å². The third-order valence-corrected chi connectivity index (χ3v) is 6.34. The maximum Gasteiger partial charge on any atom is 0.156 e. The van der Waals surface area contributed by atoms with Crippen molar-refractivity contribution in [3.8, 4) is 11.8 Å². The van der Waals surface area contributed by atoms with Crippen molar-refractivity contribution in [3.05, 3.63) is 53.7 Å². The number of hydrogen-bond donors (Lipinski definition) is 1. The van der Waals surface area contributed by atoms with Gasteiger partial charge in [-0.3, -0.25) is 0 Å². The molecular weight excluding hydrogens is 416 g/mol. The van der Waals surface area contributed by atoms with Gasteiger partial charge in [-0.15, -0.1) is 0 Å². The van der Waals surface area contributed by atoms with Crippen LogP contribution in [0.3, 0.4) is 0 Å². The SMILES string of the molecule is COC(CCCOc1ccc(N2CCN(c3ccc(C)c4c(C#N)c[nH]c34)CC2)cc1)OC. The molecule has 1 aliphatic rings. The van der Waals surface area contributed by atoms with Crippen LogP contribution in [0.15, 0.2) is 42.6 Å². The zero-order valence-electron chi connectivity index (χ0n) is 19.6. The highest BCUT2D eigenvalue weighted by Crippen LogP contribution is 2.32. The van der Waals surface area contributed by atoms with E-state index in [-0.39, 0.29) is 6.29 Å². The molecule has 0 aliphatic carbocycles. The second-order valence-electron chi connectivity index (χ2n) is 8.33. The molecule has 4 rings (SSSR count). The molecule has 0 atom stereocenters. The molecule has 2 heterocycles. The minimum Gasteiger partial charge on any atom is -0.494 e. The summed E-state index contributed by atoms with van der Waals surface area (Å²) in [5, 5.41) is 10.5. The summed E-state index contributed by atoms with van der Waals surface area (Å²) in [4.78, 5) is 8.13. The average Bonchev–Trinajstić information content (AvgIpc) is 3.30. The number of piperazine rings is 1. The number of nitriles is 1. The molecule has 7 nitrogen and oxygen atoms in total. The molecule has 0 unspecified atom stereocenters. The number of nitrogens with one attached hydrogen (secondary N) is 1. The molecule has 3 aromatic rings. The number of aryl methyl sites for hydroxylation is 1. The van der Waals surface area contributed by atoms with Gasteiger partial charge in [0.15, 0.2) is 6.29 Å². The fourth-order valence-electron chi connectivity index (χ4n) is 4.49. The lowest BCUT2D eigenvalue weighted by molar-refractivity contribution is -0.107. The lowest BCUT2D eigenvalue weighted by atomic mass is 10.1. The Morgan fingerprint density at radius 2 is 1.70 bits per heavy atom. The zero-order valence-corrected chi connectivity index (χ0v) is 19.6. The van der Waals surface area contributed by atoms with Crippen LogP contribution >= 0.6 is 0 Å². The van der Waals surface area contributed by atoms with E-state index in [1.165, 1.54) is 11.4 Å². The lowest BCUT2D eigenvalue weighted by Gasteiger charge is -2.37. The molecule has 33 heavy (non-hydrogen) atoms. The van der Waals surface area contributed by atoms with E-state index in [0.29, 0.717) is 12.2 Å². The molecule has 1 aromatic heterocycles. The Bertz CT molecular complexity index is 1090. The number of aromatic amines is 1. The molecule has 0 amide bonds. The summed E-state index contributed by atoms with van der Waals surface area (Å²) in [6.45, 7) is 6.43. The van der Waals surface area contributed by atoms with Crippen LogP contribution in [0.4, 0.5) is 11.4 Å². The molecule has 0 bridgehead atoms. The van der Waals surface area contributed by atoms with Gasteiger partial charge in [-0.25, -0.2) is 0 Å². The molecule has 0 radical (unpaired) electrons. The van der Waals surface area contributed by atoms with Crippen molar-refractivity contribution >= 4 is 22.3 Å². The fraction of sp³-hybridized carbons (Fsp3) is 0.423. The van der Waals surface area contributed by atoms with Crippen LogP contribution in [0.1, 0.15) is 24.0 Å². The van der Waals surface area contributed by atoms with Gasteiger partial charge in [-0.1, -0.05) is 6.07 Å². The second kappa shape index (κ2) is 10.6. The number of aromatic nitrogens is 1. The Morgan fingerprint density at radius 1 is 1.00 bits per heavy atom. The van der Waals surface area contributed by atoms with Gasteiger partial charge in [0.05, 0.1) is 23.4 Å². The smallest absolute Gasteiger partial charge is 0.156 e. The number of anilines is 2. The van der Waals surface area contributed by atoms with Gasteiger partial charge < -0.3 is 29.0 Å². The first-order chi connectivity index (χ1) is 16.1. The highest BCUT2D eigenvalue weighted by molar-refractivity contribution is 5.97. The van der Waals surface area contributed by atoms with E-state index in [4.69, 9.17) is 14.2 Å². The molecule has 0 saturated carbocycles. The van der Waals surface area contributed by atoms with Crippen LogP contribution in [0.5, 0.6) is 5.75 Å². The Morgan fingerprint density at radius 3 is 2.36 bits per heavy atom. The van der Waals surface area contributed by atoms with Crippen LogP contribution in [0.2, 0.25) is 0 Å². The number of rotatable bonds is 9. The van der Waals surface area contributed by atoms with Gasteiger partial charge in [0.2, 0.25) is 0 Å². The Hall–Kier alpha value is -3.21. The fourth-order valence-corrected chi connectivity index (χ4v) is 4.49. The van der Waals surface area contributed by atoms with Crippen LogP contribution < -0.4 is 14.5 Å². The molecule has 0 spiro atoms. The minimum atomic E-state index is -0.170.